The Labute approximate surface area is 135 Å². The molecule has 6 nitrogen and oxygen atoms in total. The van der Waals surface area contributed by atoms with Crippen molar-refractivity contribution in [3.8, 4) is 5.75 Å². The van der Waals surface area contributed by atoms with Gasteiger partial charge in [-0.2, -0.15) is 0 Å². The average molecular weight is 318 g/mol. The van der Waals surface area contributed by atoms with Crippen LogP contribution < -0.4 is 10.6 Å². The van der Waals surface area contributed by atoms with Gasteiger partial charge in [0.2, 0.25) is 6.41 Å². The van der Waals surface area contributed by atoms with Crippen molar-refractivity contribution >= 4 is 23.8 Å². The first-order chi connectivity index (χ1) is 11.1. The zero-order chi connectivity index (χ0) is 16.7. The number of nitrogens with one attached hydrogen (secondary N) is 2. The van der Waals surface area contributed by atoms with Crippen LogP contribution in [0.3, 0.4) is 0 Å². The van der Waals surface area contributed by atoms with Gasteiger partial charge < -0.3 is 15.7 Å². The summed E-state index contributed by atoms with van der Waals surface area (Å²) >= 11 is 0. The third-order valence-electron chi connectivity index (χ3n) is 4.11. The molecular weight excluding hydrogens is 296 g/mol. The molecule has 1 aliphatic carbocycles. The van der Waals surface area contributed by atoms with E-state index in [-0.39, 0.29) is 22.8 Å². The van der Waals surface area contributed by atoms with E-state index < -0.39 is 11.9 Å². The van der Waals surface area contributed by atoms with Crippen molar-refractivity contribution in [1.29, 1.82) is 0 Å². The van der Waals surface area contributed by atoms with E-state index in [4.69, 9.17) is 0 Å². The lowest BCUT2D eigenvalue weighted by atomic mass is 10.0. The van der Waals surface area contributed by atoms with Crippen LogP contribution in [0.25, 0.3) is 0 Å². The zero-order valence-electron chi connectivity index (χ0n) is 13.0. The normalized spacial score (nSPS) is 19.1. The zero-order valence-corrected chi connectivity index (χ0v) is 13.0. The molecule has 1 aromatic carbocycles. The Bertz CT molecular complexity index is 586. The number of aromatic hydroxyl groups is 1. The molecule has 1 fully saturated rings. The fourth-order valence-electron chi connectivity index (χ4n) is 2.81. The number of ketones is 1. The van der Waals surface area contributed by atoms with E-state index >= 15 is 0 Å². The second kappa shape index (κ2) is 8.31. The van der Waals surface area contributed by atoms with E-state index in [1.807, 2.05) is 0 Å². The molecule has 0 spiro atoms. The van der Waals surface area contributed by atoms with Crippen LogP contribution in [0.2, 0.25) is 0 Å². The molecule has 124 valence electrons. The SMILES string of the molecule is O=CNc1cccc(C(=O)NC2CCCCCCCC2=O)c1O. The number of phenols is 1. The number of Topliss-reactive ketones (excluding diaryl/α,β-unsaturated/α-hetero) is 1. The van der Waals surface area contributed by atoms with Crippen molar-refractivity contribution in [2.24, 2.45) is 0 Å². The fourth-order valence-corrected chi connectivity index (χ4v) is 2.81. The molecule has 0 bridgehead atoms. The van der Waals surface area contributed by atoms with Crippen molar-refractivity contribution in [2.75, 3.05) is 5.32 Å². The number of carbonyl (C=O) groups excluding carboxylic acids is 3. The molecule has 0 heterocycles. The Morgan fingerprint density at radius 2 is 1.91 bits per heavy atom. The van der Waals surface area contributed by atoms with Crippen LogP contribution in [0.4, 0.5) is 5.69 Å². The summed E-state index contributed by atoms with van der Waals surface area (Å²) in [5.74, 6) is -0.760. The highest BCUT2D eigenvalue weighted by Crippen LogP contribution is 2.27. The van der Waals surface area contributed by atoms with Crippen molar-refractivity contribution in [2.45, 2.75) is 51.0 Å². The van der Waals surface area contributed by atoms with Gasteiger partial charge >= 0.3 is 0 Å². The second-order valence-electron chi connectivity index (χ2n) is 5.76. The van der Waals surface area contributed by atoms with Gasteiger partial charge in [0.05, 0.1) is 17.3 Å². The minimum absolute atomic E-state index is 0.0434. The first kappa shape index (κ1) is 17.0. The number of carbonyl (C=O) groups is 3. The number of rotatable bonds is 4. The number of anilines is 1. The van der Waals surface area contributed by atoms with Gasteiger partial charge in [-0.3, -0.25) is 14.4 Å². The Morgan fingerprint density at radius 1 is 1.17 bits per heavy atom. The first-order valence-electron chi connectivity index (χ1n) is 7.99. The summed E-state index contributed by atoms with van der Waals surface area (Å²) in [6.07, 6.45) is 6.51. The maximum absolute atomic E-state index is 12.4. The number of para-hydroxylation sites is 1. The average Bonchev–Trinajstić information content (AvgIpc) is 2.63. The maximum atomic E-state index is 12.4. The van der Waals surface area contributed by atoms with Gasteiger partial charge in [0.1, 0.15) is 0 Å². The van der Waals surface area contributed by atoms with E-state index in [2.05, 4.69) is 10.6 Å². The number of benzene rings is 1. The van der Waals surface area contributed by atoms with E-state index in [1.165, 1.54) is 12.1 Å². The summed E-state index contributed by atoms with van der Waals surface area (Å²) in [5, 5.41) is 15.1. The monoisotopic (exact) mass is 318 g/mol. The van der Waals surface area contributed by atoms with Gasteiger partial charge in [0, 0.05) is 6.42 Å². The van der Waals surface area contributed by atoms with Gasteiger partial charge in [-0.05, 0) is 25.0 Å². The number of phenolic OH excluding ortho intramolecular Hbond substituents is 1. The summed E-state index contributed by atoms with van der Waals surface area (Å²) in [6, 6.07) is 4.00. The van der Waals surface area contributed by atoms with Crippen LogP contribution in [0.5, 0.6) is 5.75 Å². The molecule has 1 saturated carbocycles. The van der Waals surface area contributed by atoms with Crippen molar-refractivity contribution in [3.63, 3.8) is 0 Å². The smallest absolute Gasteiger partial charge is 0.255 e. The Balaban J connectivity index is 2.11. The Morgan fingerprint density at radius 3 is 2.70 bits per heavy atom. The highest BCUT2D eigenvalue weighted by Gasteiger charge is 2.23. The molecule has 2 amide bonds. The summed E-state index contributed by atoms with van der Waals surface area (Å²) in [5.41, 5.74) is 0.206. The van der Waals surface area contributed by atoms with Gasteiger partial charge in [-0.1, -0.05) is 31.7 Å². The van der Waals surface area contributed by atoms with Crippen LogP contribution in [0, 0.1) is 0 Å². The van der Waals surface area contributed by atoms with E-state index in [9.17, 15) is 19.5 Å². The molecule has 0 aliphatic heterocycles. The van der Waals surface area contributed by atoms with Gasteiger partial charge in [-0.25, -0.2) is 0 Å². The second-order valence-corrected chi connectivity index (χ2v) is 5.76. The Hall–Kier alpha value is -2.37. The standard InChI is InChI=1S/C17H22N2O4/c20-11-18-14-9-6-7-12(16(14)22)17(23)19-13-8-4-2-1-3-5-10-15(13)21/h6-7,9,11,13,22H,1-5,8,10H2,(H,18,20)(H,19,23). The molecule has 1 atom stereocenters. The minimum atomic E-state index is -0.511. The first-order valence-corrected chi connectivity index (χ1v) is 7.99. The van der Waals surface area contributed by atoms with Gasteiger partial charge in [-0.15, -0.1) is 0 Å². The lowest BCUT2D eigenvalue weighted by Gasteiger charge is -2.17. The molecule has 23 heavy (non-hydrogen) atoms. The summed E-state index contributed by atoms with van der Waals surface area (Å²) in [6.45, 7) is 0. The van der Waals surface area contributed by atoms with Gasteiger partial charge in [0.25, 0.3) is 5.91 Å². The number of hydrogen-bond acceptors (Lipinski definition) is 4. The minimum Gasteiger partial charge on any atom is -0.505 e. The number of hydrogen-bond donors (Lipinski definition) is 3. The Kier molecular flexibility index (Phi) is 6.14. The van der Waals surface area contributed by atoms with E-state index in [0.29, 0.717) is 19.3 Å². The maximum Gasteiger partial charge on any atom is 0.255 e. The topological polar surface area (TPSA) is 95.5 Å². The number of amides is 2. The van der Waals surface area contributed by atoms with Crippen LogP contribution in [-0.4, -0.2) is 29.2 Å². The summed E-state index contributed by atoms with van der Waals surface area (Å²) in [7, 11) is 0. The predicted octanol–water partition coefficient (Wildman–Crippen LogP) is 2.37. The highest BCUT2D eigenvalue weighted by molar-refractivity contribution is 6.01. The van der Waals surface area contributed by atoms with Crippen molar-refractivity contribution < 1.29 is 19.5 Å². The summed E-state index contributed by atoms with van der Waals surface area (Å²) < 4.78 is 0. The molecule has 1 aromatic rings. The molecule has 0 aromatic heterocycles. The predicted molar refractivity (Wildman–Crippen MR) is 86.4 cm³/mol. The largest absolute Gasteiger partial charge is 0.505 e. The third kappa shape index (κ3) is 4.55. The highest BCUT2D eigenvalue weighted by atomic mass is 16.3. The quantitative estimate of drug-likeness (QED) is 0.586. The van der Waals surface area contributed by atoms with Crippen molar-refractivity contribution in [3.05, 3.63) is 23.8 Å². The fraction of sp³-hybridized carbons (Fsp3) is 0.471. The molecule has 0 radical (unpaired) electrons. The molecular formula is C17H22N2O4. The van der Waals surface area contributed by atoms with Crippen LogP contribution in [-0.2, 0) is 9.59 Å². The van der Waals surface area contributed by atoms with Crippen LogP contribution in [0.1, 0.15) is 55.3 Å². The molecule has 0 saturated heterocycles. The molecule has 1 aliphatic rings. The lowest BCUT2D eigenvalue weighted by molar-refractivity contribution is -0.121. The molecule has 3 N–H and O–H groups in total. The summed E-state index contributed by atoms with van der Waals surface area (Å²) in [4.78, 5) is 35.1. The lowest BCUT2D eigenvalue weighted by Crippen LogP contribution is -2.40. The van der Waals surface area contributed by atoms with E-state index in [1.54, 1.807) is 6.07 Å². The van der Waals surface area contributed by atoms with Crippen molar-refractivity contribution in [1.82, 2.24) is 5.32 Å². The van der Waals surface area contributed by atoms with Gasteiger partial charge in [0.15, 0.2) is 11.5 Å². The molecule has 1 unspecified atom stereocenters. The third-order valence-corrected chi connectivity index (χ3v) is 4.11. The molecule has 2 rings (SSSR count). The van der Waals surface area contributed by atoms with Crippen LogP contribution >= 0.6 is 0 Å². The molecule has 6 heteroatoms. The van der Waals surface area contributed by atoms with Crippen LogP contribution in [0.15, 0.2) is 18.2 Å². The van der Waals surface area contributed by atoms with E-state index in [0.717, 1.165) is 32.1 Å².